The van der Waals surface area contributed by atoms with Gasteiger partial charge in [-0.2, -0.15) is 11.8 Å². The van der Waals surface area contributed by atoms with Crippen molar-refractivity contribution in [2.45, 2.75) is 18.3 Å². The van der Waals surface area contributed by atoms with Crippen LogP contribution in [0.1, 0.15) is 18.6 Å². The summed E-state index contributed by atoms with van der Waals surface area (Å²) in [6, 6.07) is 3.09. The summed E-state index contributed by atoms with van der Waals surface area (Å²) in [6.45, 7) is 2.98. The van der Waals surface area contributed by atoms with Crippen molar-refractivity contribution in [1.82, 2.24) is 5.32 Å². The Balaban J connectivity index is 2.52. The van der Waals surface area contributed by atoms with Gasteiger partial charge in [0.1, 0.15) is 11.6 Å². The molecule has 2 N–H and O–H groups in total. The molecule has 2 unspecified atom stereocenters. The van der Waals surface area contributed by atoms with Crippen LogP contribution in [0.15, 0.2) is 18.2 Å². The quantitative estimate of drug-likeness (QED) is 0.824. The summed E-state index contributed by atoms with van der Waals surface area (Å²) in [7, 11) is 0. The zero-order valence-corrected chi connectivity index (χ0v) is 10.7. The molecule has 17 heavy (non-hydrogen) atoms. The normalized spacial score (nSPS) is 14.6. The smallest absolute Gasteiger partial charge is 0.129 e. The average Bonchev–Trinajstić information content (AvgIpc) is 2.31. The van der Waals surface area contributed by atoms with Crippen molar-refractivity contribution < 1.29 is 13.9 Å². The first kappa shape index (κ1) is 14.4. The topological polar surface area (TPSA) is 32.3 Å². The molecule has 2 atom stereocenters. The summed E-state index contributed by atoms with van der Waals surface area (Å²) in [5.41, 5.74) is -0.00527. The number of hydrogen-bond donors (Lipinski definition) is 2. The second kappa shape index (κ2) is 6.93. The molecule has 5 heteroatoms. The number of rotatable bonds is 6. The summed E-state index contributed by atoms with van der Waals surface area (Å²) in [4.78, 5) is 0. The van der Waals surface area contributed by atoms with Crippen molar-refractivity contribution in [2.75, 3.05) is 19.3 Å². The van der Waals surface area contributed by atoms with E-state index in [9.17, 15) is 13.9 Å². The highest BCUT2D eigenvalue weighted by Crippen LogP contribution is 2.17. The first-order valence-electron chi connectivity index (χ1n) is 5.41. The molecule has 0 fully saturated rings. The fourth-order valence-electron chi connectivity index (χ4n) is 1.39. The highest BCUT2D eigenvalue weighted by atomic mass is 32.2. The number of aliphatic hydroxyl groups excluding tert-OH is 1. The van der Waals surface area contributed by atoms with Gasteiger partial charge in [-0.15, -0.1) is 0 Å². The third-order valence-electron chi connectivity index (χ3n) is 2.49. The van der Waals surface area contributed by atoms with E-state index in [0.717, 1.165) is 24.7 Å². The van der Waals surface area contributed by atoms with Gasteiger partial charge in [0.2, 0.25) is 0 Å². The van der Waals surface area contributed by atoms with Crippen molar-refractivity contribution in [1.29, 1.82) is 0 Å². The minimum Gasteiger partial charge on any atom is -0.387 e. The molecule has 0 amide bonds. The number of thioether (sulfide) groups is 1. The molecule has 0 bridgehead atoms. The molecule has 0 aliphatic rings. The predicted octanol–water partition coefficient (Wildman–Crippen LogP) is 2.34. The molecule has 0 aromatic heterocycles. The van der Waals surface area contributed by atoms with Crippen LogP contribution in [0.25, 0.3) is 0 Å². The van der Waals surface area contributed by atoms with Crippen LogP contribution < -0.4 is 5.32 Å². The summed E-state index contributed by atoms with van der Waals surface area (Å²) in [5, 5.41) is 13.2. The summed E-state index contributed by atoms with van der Waals surface area (Å²) < 4.78 is 26.2. The third kappa shape index (κ3) is 4.61. The average molecular weight is 261 g/mol. The Morgan fingerprint density at radius 1 is 1.35 bits per heavy atom. The summed E-state index contributed by atoms with van der Waals surface area (Å²) in [5.74, 6) is -1.13. The first-order valence-corrected chi connectivity index (χ1v) is 6.70. The number of benzene rings is 1. The zero-order chi connectivity index (χ0) is 12.8. The van der Waals surface area contributed by atoms with Crippen LogP contribution in [0.2, 0.25) is 0 Å². The SMILES string of the molecule is CSC(C)CNCC(O)c1cc(F)ccc1F. The molecule has 1 aromatic rings. The molecule has 0 aliphatic carbocycles. The highest BCUT2D eigenvalue weighted by molar-refractivity contribution is 7.99. The van der Waals surface area contributed by atoms with E-state index in [2.05, 4.69) is 5.32 Å². The van der Waals surface area contributed by atoms with E-state index in [-0.39, 0.29) is 12.1 Å². The third-order valence-corrected chi connectivity index (χ3v) is 3.46. The van der Waals surface area contributed by atoms with E-state index in [1.54, 1.807) is 11.8 Å². The van der Waals surface area contributed by atoms with Gasteiger partial charge in [0, 0.05) is 23.9 Å². The van der Waals surface area contributed by atoms with Crippen LogP contribution in [0, 0.1) is 11.6 Å². The van der Waals surface area contributed by atoms with Gasteiger partial charge < -0.3 is 10.4 Å². The monoisotopic (exact) mass is 261 g/mol. The van der Waals surface area contributed by atoms with E-state index >= 15 is 0 Å². The van der Waals surface area contributed by atoms with Crippen LogP contribution in [0.3, 0.4) is 0 Å². The van der Waals surface area contributed by atoms with Crippen molar-refractivity contribution in [3.63, 3.8) is 0 Å². The van der Waals surface area contributed by atoms with Crippen molar-refractivity contribution >= 4 is 11.8 Å². The Hall–Kier alpha value is -0.650. The van der Waals surface area contributed by atoms with Crippen LogP contribution in [0.4, 0.5) is 8.78 Å². The number of hydrogen-bond acceptors (Lipinski definition) is 3. The Labute approximate surface area is 104 Å². The molecule has 0 heterocycles. The molecule has 0 aliphatic heterocycles. The van der Waals surface area contributed by atoms with Gasteiger partial charge in [-0.25, -0.2) is 8.78 Å². The van der Waals surface area contributed by atoms with Crippen LogP contribution >= 0.6 is 11.8 Å². The number of nitrogens with one attached hydrogen (secondary N) is 1. The number of halogens is 2. The zero-order valence-electron chi connectivity index (χ0n) is 9.91. The number of aliphatic hydroxyl groups is 1. The Morgan fingerprint density at radius 3 is 2.71 bits per heavy atom. The maximum atomic E-state index is 13.3. The molecule has 1 aromatic carbocycles. The van der Waals surface area contributed by atoms with Crippen molar-refractivity contribution in [3.8, 4) is 0 Å². The minimum atomic E-state index is -1.03. The fraction of sp³-hybridized carbons (Fsp3) is 0.500. The van der Waals surface area contributed by atoms with Crippen molar-refractivity contribution in [3.05, 3.63) is 35.4 Å². The minimum absolute atomic E-state index is 0.00527. The lowest BCUT2D eigenvalue weighted by Crippen LogP contribution is -2.27. The lowest BCUT2D eigenvalue weighted by Gasteiger charge is -2.15. The molecule has 0 spiro atoms. The molecule has 0 radical (unpaired) electrons. The van der Waals surface area contributed by atoms with Gasteiger partial charge in [0.15, 0.2) is 0 Å². The molecule has 96 valence electrons. The Bertz CT molecular complexity index is 362. The lowest BCUT2D eigenvalue weighted by molar-refractivity contribution is 0.170. The lowest BCUT2D eigenvalue weighted by atomic mass is 10.1. The van der Waals surface area contributed by atoms with Gasteiger partial charge in [-0.05, 0) is 24.5 Å². The van der Waals surface area contributed by atoms with Gasteiger partial charge >= 0.3 is 0 Å². The van der Waals surface area contributed by atoms with Gasteiger partial charge in [-0.3, -0.25) is 0 Å². The fourth-order valence-corrected chi connectivity index (χ4v) is 1.67. The predicted molar refractivity (Wildman–Crippen MR) is 67.2 cm³/mol. The molecule has 0 saturated carbocycles. The van der Waals surface area contributed by atoms with E-state index in [4.69, 9.17) is 0 Å². The van der Waals surface area contributed by atoms with Crippen molar-refractivity contribution in [2.24, 2.45) is 0 Å². The van der Waals surface area contributed by atoms with E-state index in [1.165, 1.54) is 0 Å². The molecule has 2 nitrogen and oxygen atoms in total. The highest BCUT2D eigenvalue weighted by Gasteiger charge is 2.13. The molecular weight excluding hydrogens is 244 g/mol. The van der Waals surface area contributed by atoms with E-state index < -0.39 is 17.7 Å². The molecular formula is C12H17F2NOS. The largest absolute Gasteiger partial charge is 0.387 e. The van der Waals surface area contributed by atoms with Gasteiger partial charge in [-0.1, -0.05) is 6.92 Å². The van der Waals surface area contributed by atoms with Crippen LogP contribution in [0.5, 0.6) is 0 Å². The second-order valence-corrected chi connectivity index (χ2v) is 5.16. The van der Waals surface area contributed by atoms with Gasteiger partial charge in [0.25, 0.3) is 0 Å². The van der Waals surface area contributed by atoms with Crippen LogP contribution in [-0.4, -0.2) is 29.7 Å². The maximum Gasteiger partial charge on any atom is 0.129 e. The molecule has 0 saturated heterocycles. The van der Waals surface area contributed by atoms with E-state index in [1.807, 2.05) is 13.2 Å². The first-order chi connectivity index (χ1) is 8.04. The van der Waals surface area contributed by atoms with E-state index in [0.29, 0.717) is 5.25 Å². The summed E-state index contributed by atoms with van der Waals surface area (Å²) in [6.07, 6.45) is 0.967. The second-order valence-electron chi connectivity index (χ2n) is 3.89. The van der Waals surface area contributed by atoms with Gasteiger partial charge in [0.05, 0.1) is 6.10 Å². The summed E-state index contributed by atoms with van der Waals surface area (Å²) >= 11 is 1.70. The molecule has 1 rings (SSSR count). The maximum absolute atomic E-state index is 13.3. The van der Waals surface area contributed by atoms with Crippen LogP contribution in [-0.2, 0) is 0 Å². The standard InChI is InChI=1S/C12H17F2NOS/c1-8(17-2)6-15-7-12(16)10-5-9(13)3-4-11(10)14/h3-5,8,12,15-16H,6-7H2,1-2H3. The Morgan fingerprint density at radius 2 is 2.06 bits per heavy atom. The Kier molecular flexibility index (Phi) is 5.88.